The van der Waals surface area contributed by atoms with E-state index >= 15 is 0 Å². The molecule has 0 saturated heterocycles. The second-order valence-corrected chi connectivity index (χ2v) is 6.19. The van der Waals surface area contributed by atoms with E-state index in [0.29, 0.717) is 11.3 Å². The van der Waals surface area contributed by atoms with Crippen molar-refractivity contribution < 1.29 is 9.53 Å². The molecule has 1 heterocycles. The molecule has 2 aromatic carbocycles. The Labute approximate surface area is 150 Å². The second-order valence-electron chi connectivity index (χ2n) is 5.33. The third-order valence-electron chi connectivity index (χ3n) is 3.60. The second kappa shape index (κ2) is 7.81. The summed E-state index contributed by atoms with van der Waals surface area (Å²) < 4.78 is 5.15. The molecule has 3 rings (SSSR count). The first-order chi connectivity index (χ1) is 12.2. The number of benzene rings is 2. The van der Waals surface area contributed by atoms with Gasteiger partial charge in [0.05, 0.1) is 12.8 Å². The molecular weight excluding hydrogens is 334 g/mol. The Bertz CT molecular complexity index is 859. The average Bonchev–Trinajstić information content (AvgIpc) is 3.11. The van der Waals surface area contributed by atoms with Crippen molar-refractivity contribution in [3.05, 3.63) is 59.5 Å². The Hall–Kier alpha value is -2.86. The van der Waals surface area contributed by atoms with Crippen molar-refractivity contribution >= 4 is 28.1 Å². The zero-order chi connectivity index (χ0) is 17.6. The summed E-state index contributed by atoms with van der Waals surface area (Å²) in [6.07, 6.45) is 0. The maximum absolute atomic E-state index is 12.3. The minimum atomic E-state index is -0.172. The fourth-order valence-corrected chi connectivity index (χ4v) is 3.12. The predicted octanol–water partition coefficient (Wildman–Crippen LogP) is 4.50. The lowest BCUT2D eigenvalue weighted by molar-refractivity contribution is 0.102. The number of ether oxygens (including phenoxy) is 1. The number of thiazole rings is 1. The smallest absolute Gasteiger partial charge is 0.255 e. The largest absolute Gasteiger partial charge is 0.497 e. The van der Waals surface area contributed by atoms with E-state index in [-0.39, 0.29) is 5.91 Å². The van der Waals surface area contributed by atoms with Gasteiger partial charge in [-0.25, -0.2) is 4.98 Å². The molecule has 1 aromatic heterocycles. The number of anilines is 2. The summed E-state index contributed by atoms with van der Waals surface area (Å²) in [4.78, 5) is 16.9. The van der Waals surface area contributed by atoms with Crippen LogP contribution >= 0.6 is 11.3 Å². The van der Waals surface area contributed by atoms with Gasteiger partial charge >= 0.3 is 0 Å². The average molecular weight is 353 g/mol. The summed E-state index contributed by atoms with van der Waals surface area (Å²) in [6, 6.07) is 14.7. The van der Waals surface area contributed by atoms with E-state index < -0.39 is 0 Å². The van der Waals surface area contributed by atoms with Crippen molar-refractivity contribution in [2.24, 2.45) is 0 Å². The number of amides is 1. The van der Waals surface area contributed by atoms with E-state index in [1.165, 1.54) is 0 Å². The first kappa shape index (κ1) is 17.0. The highest BCUT2D eigenvalue weighted by atomic mass is 32.1. The minimum absolute atomic E-state index is 0.172. The summed E-state index contributed by atoms with van der Waals surface area (Å²) in [5.41, 5.74) is 3.23. The Balaban J connectivity index is 1.70. The predicted molar refractivity (Wildman–Crippen MR) is 103 cm³/mol. The van der Waals surface area contributed by atoms with Gasteiger partial charge in [-0.3, -0.25) is 4.79 Å². The summed E-state index contributed by atoms with van der Waals surface area (Å²) in [7, 11) is 1.58. The van der Waals surface area contributed by atoms with Crippen LogP contribution in [0.15, 0.2) is 53.9 Å². The third kappa shape index (κ3) is 4.16. The van der Waals surface area contributed by atoms with Crippen molar-refractivity contribution in [3.63, 3.8) is 0 Å². The molecule has 0 aliphatic rings. The van der Waals surface area contributed by atoms with Gasteiger partial charge in [0.2, 0.25) is 0 Å². The van der Waals surface area contributed by atoms with Crippen molar-refractivity contribution in [2.45, 2.75) is 6.92 Å². The van der Waals surface area contributed by atoms with Crippen LogP contribution in [-0.4, -0.2) is 24.5 Å². The number of hydrogen-bond acceptors (Lipinski definition) is 5. The van der Waals surface area contributed by atoms with Crippen LogP contribution in [0.25, 0.3) is 11.3 Å². The molecule has 6 heteroatoms. The Morgan fingerprint density at radius 2 is 2.00 bits per heavy atom. The molecule has 0 aliphatic heterocycles. The number of carbonyl (C=O) groups excluding carboxylic acids is 1. The third-order valence-corrected chi connectivity index (χ3v) is 4.40. The number of rotatable bonds is 6. The van der Waals surface area contributed by atoms with Gasteiger partial charge in [-0.1, -0.05) is 18.2 Å². The van der Waals surface area contributed by atoms with Crippen LogP contribution in [0.2, 0.25) is 0 Å². The summed E-state index contributed by atoms with van der Waals surface area (Å²) >= 11 is 1.58. The normalized spacial score (nSPS) is 10.3. The fourth-order valence-electron chi connectivity index (χ4n) is 2.33. The minimum Gasteiger partial charge on any atom is -0.497 e. The van der Waals surface area contributed by atoms with Gasteiger partial charge in [-0.05, 0) is 37.3 Å². The monoisotopic (exact) mass is 353 g/mol. The Morgan fingerprint density at radius 1 is 1.20 bits per heavy atom. The molecule has 128 valence electrons. The van der Waals surface area contributed by atoms with Crippen LogP contribution in [0, 0.1) is 0 Å². The first-order valence-corrected chi connectivity index (χ1v) is 8.83. The molecule has 0 fully saturated rings. The number of nitrogens with zero attached hydrogens (tertiary/aromatic N) is 1. The van der Waals surface area contributed by atoms with Gasteiger partial charge in [-0.2, -0.15) is 0 Å². The molecule has 2 N–H and O–H groups in total. The standard InChI is InChI=1S/C19H19N3O2S/c1-3-20-19-22-17(12-25-19)13-7-9-15(10-8-13)21-18(23)14-5-4-6-16(11-14)24-2/h4-12H,3H2,1-2H3,(H,20,22)(H,21,23). The fraction of sp³-hybridized carbons (Fsp3) is 0.158. The highest BCUT2D eigenvalue weighted by Crippen LogP contribution is 2.26. The molecule has 0 unspecified atom stereocenters. The number of carbonyl (C=O) groups is 1. The summed E-state index contributed by atoms with van der Waals surface area (Å²) in [5, 5.41) is 9.02. The van der Waals surface area contributed by atoms with Crippen LogP contribution < -0.4 is 15.4 Å². The van der Waals surface area contributed by atoms with E-state index in [1.54, 1.807) is 42.7 Å². The van der Waals surface area contributed by atoms with E-state index in [1.807, 2.05) is 36.6 Å². The van der Waals surface area contributed by atoms with Crippen molar-refractivity contribution in [1.82, 2.24) is 4.98 Å². The Morgan fingerprint density at radius 3 is 2.72 bits per heavy atom. The zero-order valence-electron chi connectivity index (χ0n) is 14.1. The topological polar surface area (TPSA) is 63.2 Å². The van der Waals surface area contributed by atoms with Crippen LogP contribution in [0.5, 0.6) is 5.75 Å². The summed E-state index contributed by atoms with van der Waals surface area (Å²) in [5.74, 6) is 0.484. The summed E-state index contributed by atoms with van der Waals surface area (Å²) in [6.45, 7) is 2.89. The van der Waals surface area contributed by atoms with Crippen molar-refractivity contribution in [1.29, 1.82) is 0 Å². The van der Waals surface area contributed by atoms with E-state index in [4.69, 9.17) is 4.74 Å². The molecule has 1 amide bonds. The Kier molecular flexibility index (Phi) is 5.30. The molecule has 3 aromatic rings. The molecule has 0 atom stereocenters. The van der Waals surface area contributed by atoms with Crippen molar-refractivity contribution in [2.75, 3.05) is 24.3 Å². The molecule has 0 bridgehead atoms. The van der Waals surface area contributed by atoms with Gasteiger partial charge in [0, 0.05) is 28.7 Å². The van der Waals surface area contributed by atoms with Gasteiger partial charge in [0.15, 0.2) is 5.13 Å². The van der Waals surface area contributed by atoms with Crippen LogP contribution in [0.1, 0.15) is 17.3 Å². The van der Waals surface area contributed by atoms with Gasteiger partial charge in [-0.15, -0.1) is 11.3 Å². The SMILES string of the molecule is CCNc1nc(-c2ccc(NC(=O)c3cccc(OC)c3)cc2)cs1. The number of aromatic nitrogens is 1. The number of hydrogen-bond donors (Lipinski definition) is 2. The van der Waals surface area contributed by atoms with E-state index in [0.717, 1.165) is 28.6 Å². The maximum Gasteiger partial charge on any atom is 0.255 e. The molecule has 0 spiro atoms. The lowest BCUT2D eigenvalue weighted by atomic mass is 10.1. The molecule has 0 saturated carbocycles. The molecule has 0 aliphatic carbocycles. The zero-order valence-corrected chi connectivity index (χ0v) is 14.9. The van der Waals surface area contributed by atoms with E-state index in [9.17, 15) is 4.79 Å². The quantitative estimate of drug-likeness (QED) is 0.685. The molecular formula is C19H19N3O2S. The molecule has 5 nitrogen and oxygen atoms in total. The number of nitrogens with one attached hydrogen (secondary N) is 2. The number of methoxy groups -OCH3 is 1. The van der Waals surface area contributed by atoms with Gasteiger partial charge < -0.3 is 15.4 Å². The molecule has 25 heavy (non-hydrogen) atoms. The van der Waals surface area contributed by atoms with Gasteiger partial charge in [0.1, 0.15) is 5.75 Å². The lowest BCUT2D eigenvalue weighted by Crippen LogP contribution is -2.11. The highest BCUT2D eigenvalue weighted by Gasteiger charge is 2.08. The highest BCUT2D eigenvalue weighted by molar-refractivity contribution is 7.14. The van der Waals surface area contributed by atoms with Crippen LogP contribution in [0.4, 0.5) is 10.8 Å². The van der Waals surface area contributed by atoms with Crippen LogP contribution in [0.3, 0.4) is 0 Å². The van der Waals surface area contributed by atoms with Crippen molar-refractivity contribution in [3.8, 4) is 17.0 Å². The van der Waals surface area contributed by atoms with Gasteiger partial charge in [0.25, 0.3) is 5.91 Å². The van der Waals surface area contributed by atoms with E-state index in [2.05, 4.69) is 15.6 Å². The lowest BCUT2D eigenvalue weighted by Gasteiger charge is -2.07. The molecule has 0 radical (unpaired) electrons. The van der Waals surface area contributed by atoms with Crippen LogP contribution in [-0.2, 0) is 0 Å². The first-order valence-electron chi connectivity index (χ1n) is 7.95. The maximum atomic E-state index is 12.3.